The average molecular weight is 361 g/mol. The minimum absolute atomic E-state index is 0.0285. The molecule has 0 radical (unpaired) electrons. The van der Waals surface area contributed by atoms with E-state index in [1.54, 1.807) is 29.2 Å². The quantitative estimate of drug-likeness (QED) is 0.740. The predicted octanol–water partition coefficient (Wildman–Crippen LogP) is 3.38. The minimum atomic E-state index is -3.54. The Labute approximate surface area is 149 Å². The Morgan fingerprint density at radius 3 is 2.08 bits per heavy atom. The van der Waals surface area contributed by atoms with E-state index in [4.69, 9.17) is 4.18 Å². The number of hydrogen-bond acceptors (Lipinski definition) is 4. The minimum Gasteiger partial charge on any atom is -0.383 e. The summed E-state index contributed by atoms with van der Waals surface area (Å²) in [6, 6.07) is 14.2. The van der Waals surface area contributed by atoms with Gasteiger partial charge in [-0.15, -0.1) is 0 Å². The van der Waals surface area contributed by atoms with Gasteiger partial charge >= 0.3 is 10.1 Å². The number of benzene rings is 2. The molecule has 0 saturated carbocycles. The van der Waals surface area contributed by atoms with Gasteiger partial charge in [0.15, 0.2) is 0 Å². The van der Waals surface area contributed by atoms with Gasteiger partial charge < -0.3 is 9.08 Å². The van der Waals surface area contributed by atoms with Gasteiger partial charge in [0.2, 0.25) is 0 Å². The highest BCUT2D eigenvalue weighted by molar-refractivity contribution is 7.86. The van der Waals surface area contributed by atoms with Gasteiger partial charge in [0.25, 0.3) is 5.91 Å². The van der Waals surface area contributed by atoms with E-state index in [0.29, 0.717) is 12.1 Å². The Balaban J connectivity index is 2.16. The summed E-state index contributed by atoms with van der Waals surface area (Å²) in [5, 5.41) is 0. The molecule has 0 fully saturated rings. The van der Waals surface area contributed by atoms with E-state index in [1.807, 2.05) is 45.0 Å². The van der Waals surface area contributed by atoms with Crippen LogP contribution in [0.3, 0.4) is 0 Å². The molecule has 1 amide bonds. The molecule has 0 spiro atoms. The second-order valence-electron chi connectivity index (χ2n) is 6.32. The number of hydrogen-bond donors (Lipinski definition) is 0. The Hall–Kier alpha value is -2.34. The largest absolute Gasteiger partial charge is 0.383 e. The number of nitrogens with zero attached hydrogens (tertiary/aromatic N) is 1. The van der Waals surface area contributed by atoms with Crippen LogP contribution >= 0.6 is 0 Å². The number of amides is 1. The summed E-state index contributed by atoms with van der Waals surface area (Å²) < 4.78 is 27.1. The lowest BCUT2D eigenvalue weighted by atomic mass is 10.1. The molecule has 0 aromatic heterocycles. The van der Waals surface area contributed by atoms with Crippen LogP contribution in [0.4, 0.5) is 0 Å². The van der Waals surface area contributed by atoms with E-state index in [2.05, 4.69) is 0 Å². The Bertz CT molecular complexity index is 825. The fraction of sp³-hybridized carbons (Fsp3) is 0.316. The summed E-state index contributed by atoms with van der Waals surface area (Å²) in [6.45, 7) is 6.35. The first-order valence-corrected chi connectivity index (χ1v) is 9.83. The molecule has 2 rings (SSSR count). The molecule has 0 heterocycles. The third-order valence-corrected chi connectivity index (χ3v) is 4.20. The van der Waals surface area contributed by atoms with Crippen molar-refractivity contribution in [2.24, 2.45) is 0 Å². The summed E-state index contributed by atoms with van der Waals surface area (Å²) >= 11 is 0. The molecule has 2 aromatic rings. The monoisotopic (exact) mass is 361 g/mol. The lowest BCUT2D eigenvalue weighted by Crippen LogP contribution is -2.36. The van der Waals surface area contributed by atoms with E-state index >= 15 is 0 Å². The van der Waals surface area contributed by atoms with Crippen LogP contribution in [0.1, 0.15) is 35.3 Å². The van der Waals surface area contributed by atoms with Crippen molar-refractivity contribution in [3.05, 3.63) is 65.2 Å². The molecule has 6 heteroatoms. The molecule has 0 atom stereocenters. The lowest BCUT2D eigenvalue weighted by Gasteiger charge is -2.27. The highest BCUT2D eigenvalue weighted by Gasteiger charge is 2.19. The van der Waals surface area contributed by atoms with E-state index in [-0.39, 0.29) is 17.7 Å². The van der Waals surface area contributed by atoms with Crippen LogP contribution < -0.4 is 4.18 Å². The normalized spacial score (nSPS) is 11.4. The van der Waals surface area contributed by atoms with Crippen LogP contribution in [0, 0.1) is 6.92 Å². The molecule has 134 valence electrons. The number of carbonyl (C=O) groups excluding carboxylic acids is 1. The van der Waals surface area contributed by atoms with Gasteiger partial charge in [0.05, 0.1) is 6.26 Å². The van der Waals surface area contributed by atoms with E-state index in [1.165, 1.54) is 0 Å². The third-order valence-electron chi connectivity index (χ3n) is 3.71. The topological polar surface area (TPSA) is 63.7 Å². The van der Waals surface area contributed by atoms with Crippen LogP contribution in [-0.4, -0.2) is 31.5 Å². The summed E-state index contributed by atoms with van der Waals surface area (Å²) in [5.41, 5.74) is 2.65. The zero-order chi connectivity index (χ0) is 18.6. The maximum Gasteiger partial charge on any atom is 0.306 e. The molecule has 0 aliphatic carbocycles. The zero-order valence-corrected chi connectivity index (χ0v) is 15.7. The molecular formula is C19H23NO4S. The first-order chi connectivity index (χ1) is 11.7. The Morgan fingerprint density at radius 1 is 1.04 bits per heavy atom. The van der Waals surface area contributed by atoms with Crippen molar-refractivity contribution in [1.29, 1.82) is 0 Å². The number of rotatable bonds is 6. The summed E-state index contributed by atoms with van der Waals surface area (Å²) in [6.07, 6.45) is 1.00. The Morgan fingerprint density at radius 2 is 1.60 bits per heavy atom. The molecule has 5 nitrogen and oxygen atoms in total. The van der Waals surface area contributed by atoms with Crippen molar-refractivity contribution in [2.45, 2.75) is 33.4 Å². The van der Waals surface area contributed by atoms with Crippen LogP contribution in [0.5, 0.6) is 5.75 Å². The molecule has 0 saturated heterocycles. The third kappa shape index (κ3) is 5.60. The highest BCUT2D eigenvalue weighted by atomic mass is 32.2. The van der Waals surface area contributed by atoms with E-state index in [9.17, 15) is 13.2 Å². The van der Waals surface area contributed by atoms with Crippen molar-refractivity contribution < 1.29 is 17.4 Å². The zero-order valence-electron chi connectivity index (χ0n) is 14.9. The molecule has 0 aliphatic rings. The van der Waals surface area contributed by atoms with Gasteiger partial charge in [-0.2, -0.15) is 8.42 Å². The molecule has 0 unspecified atom stereocenters. The number of aryl methyl sites for hydroxylation is 1. The molecule has 2 aromatic carbocycles. The number of carbonyl (C=O) groups is 1. The van der Waals surface area contributed by atoms with Crippen molar-refractivity contribution in [3.8, 4) is 5.75 Å². The van der Waals surface area contributed by atoms with Crippen molar-refractivity contribution >= 4 is 16.0 Å². The highest BCUT2D eigenvalue weighted by Crippen LogP contribution is 2.18. The molecule has 0 N–H and O–H groups in total. The first-order valence-electron chi connectivity index (χ1n) is 8.02. The second-order valence-corrected chi connectivity index (χ2v) is 7.90. The summed E-state index contributed by atoms with van der Waals surface area (Å²) in [7, 11) is -3.54. The molecular weight excluding hydrogens is 338 g/mol. The fourth-order valence-corrected chi connectivity index (χ4v) is 2.83. The van der Waals surface area contributed by atoms with Crippen LogP contribution in [0.25, 0.3) is 0 Å². The summed E-state index contributed by atoms with van der Waals surface area (Å²) in [4.78, 5) is 14.6. The van der Waals surface area contributed by atoms with Crippen LogP contribution in [-0.2, 0) is 16.7 Å². The molecule has 25 heavy (non-hydrogen) atoms. The molecule has 0 bridgehead atoms. The average Bonchev–Trinajstić information content (AvgIpc) is 2.52. The van der Waals surface area contributed by atoms with Crippen molar-refractivity contribution in [1.82, 2.24) is 4.90 Å². The lowest BCUT2D eigenvalue weighted by molar-refractivity contribution is 0.0690. The van der Waals surface area contributed by atoms with Crippen LogP contribution in [0.2, 0.25) is 0 Å². The van der Waals surface area contributed by atoms with E-state index < -0.39 is 10.1 Å². The van der Waals surface area contributed by atoms with Crippen molar-refractivity contribution in [3.63, 3.8) is 0 Å². The van der Waals surface area contributed by atoms with E-state index in [0.717, 1.165) is 17.4 Å². The Kier molecular flexibility index (Phi) is 5.85. The predicted molar refractivity (Wildman–Crippen MR) is 98.1 cm³/mol. The fourth-order valence-electron chi connectivity index (χ4n) is 2.37. The van der Waals surface area contributed by atoms with Crippen molar-refractivity contribution in [2.75, 3.05) is 6.26 Å². The first kappa shape index (κ1) is 19.0. The van der Waals surface area contributed by atoms with Gasteiger partial charge in [0.1, 0.15) is 5.75 Å². The van der Waals surface area contributed by atoms with Gasteiger partial charge in [-0.25, -0.2) is 0 Å². The standard InChI is InChI=1S/C19H23NO4S/c1-14(2)20(19(21)17-9-5-15(3)6-10-17)13-16-7-11-18(12-8-16)24-25(4,22)23/h5-12,14H,13H2,1-4H3. The maximum atomic E-state index is 12.8. The molecule has 0 aliphatic heterocycles. The van der Waals surface area contributed by atoms with Gasteiger partial charge in [-0.05, 0) is 50.6 Å². The van der Waals surface area contributed by atoms with Gasteiger partial charge in [0, 0.05) is 18.2 Å². The summed E-state index contributed by atoms with van der Waals surface area (Å²) in [5.74, 6) is 0.221. The van der Waals surface area contributed by atoms with Gasteiger partial charge in [-0.1, -0.05) is 29.8 Å². The van der Waals surface area contributed by atoms with Crippen LogP contribution in [0.15, 0.2) is 48.5 Å². The smallest absolute Gasteiger partial charge is 0.306 e. The SMILES string of the molecule is Cc1ccc(C(=O)N(Cc2ccc(OS(C)(=O)=O)cc2)C(C)C)cc1. The second kappa shape index (κ2) is 7.70. The van der Waals surface area contributed by atoms with Gasteiger partial charge in [-0.3, -0.25) is 4.79 Å². The maximum absolute atomic E-state index is 12.8.